The van der Waals surface area contributed by atoms with E-state index in [1.165, 1.54) is 24.0 Å². The van der Waals surface area contributed by atoms with Gasteiger partial charge in [0.15, 0.2) is 0 Å². The Balaban J connectivity index is 1.62. The highest BCUT2D eigenvalue weighted by Crippen LogP contribution is 2.26. The summed E-state index contributed by atoms with van der Waals surface area (Å²) in [5.41, 5.74) is 2.41. The lowest BCUT2D eigenvalue weighted by atomic mass is 10.1. The van der Waals surface area contributed by atoms with E-state index in [4.69, 9.17) is 0 Å². The normalized spacial score (nSPS) is 18.8. The molecule has 3 heteroatoms. The first-order chi connectivity index (χ1) is 10.2. The molecule has 1 aliphatic heterocycles. The average Bonchev–Trinajstić information content (AvgIpc) is 2.95. The van der Waals surface area contributed by atoms with Crippen molar-refractivity contribution in [1.29, 1.82) is 0 Å². The molecule has 112 valence electrons. The molecule has 1 N–H and O–H groups in total. The summed E-state index contributed by atoms with van der Waals surface area (Å²) in [4.78, 5) is 6.90. The first-order valence-electron chi connectivity index (χ1n) is 8.03. The zero-order chi connectivity index (χ0) is 14.7. The number of nitrogens with zero attached hydrogens (tertiary/aromatic N) is 2. The minimum atomic E-state index is 0.732. The highest BCUT2D eigenvalue weighted by atomic mass is 15.2. The van der Waals surface area contributed by atoms with Crippen molar-refractivity contribution >= 4 is 16.6 Å². The Morgan fingerprint density at radius 1 is 1.33 bits per heavy atom. The molecule has 1 atom stereocenters. The minimum absolute atomic E-state index is 0.732. The molecule has 1 aliphatic rings. The Hall–Kier alpha value is -1.61. The second kappa shape index (κ2) is 6.44. The predicted octanol–water partition coefficient (Wildman–Crippen LogP) is 3.31. The average molecular weight is 283 g/mol. The molecule has 0 aliphatic carbocycles. The Kier molecular flexibility index (Phi) is 4.39. The van der Waals surface area contributed by atoms with Gasteiger partial charge in [0, 0.05) is 30.4 Å². The quantitative estimate of drug-likeness (QED) is 0.912. The summed E-state index contributed by atoms with van der Waals surface area (Å²) in [6, 6.07) is 10.8. The van der Waals surface area contributed by atoms with Crippen molar-refractivity contribution in [2.75, 3.05) is 31.1 Å². The molecule has 1 saturated heterocycles. The number of fused-ring (bicyclic) bond motifs is 1. The van der Waals surface area contributed by atoms with Gasteiger partial charge in [0.2, 0.25) is 0 Å². The molecule has 0 bridgehead atoms. The van der Waals surface area contributed by atoms with E-state index in [1.807, 2.05) is 12.3 Å². The lowest BCUT2D eigenvalue weighted by molar-refractivity contribution is 0.477. The molecular formula is C18H25N3. The van der Waals surface area contributed by atoms with E-state index in [2.05, 4.69) is 53.3 Å². The van der Waals surface area contributed by atoms with Crippen molar-refractivity contribution in [2.45, 2.75) is 20.3 Å². The summed E-state index contributed by atoms with van der Waals surface area (Å²) in [5, 5.41) is 4.82. The van der Waals surface area contributed by atoms with Crippen molar-refractivity contribution in [3.05, 3.63) is 36.5 Å². The van der Waals surface area contributed by atoms with Crippen LogP contribution in [0.4, 0.5) is 5.69 Å². The van der Waals surface area contributed by atoms with Crippen LogP contribution in [0.25, 0.3) is 10.9 Å². The molecule has 0 radical (unpaired) electrons. The first-order valence-corrected chi connectivity index (χ1v) is 8.03. The van der Waals surface area contributed by atoms with Crippen LogP contribution >= 0.6 is 0 Å². The Morgan fingerprint density at radius 3 is 3.10 bits per heavy atom. The molecule has 0 saturated carbocycles. The Labute approximate surface area is 127 Å². The van der Waals surface area contributed by atoms with Gasteiger partial charge in [0.05, 0.1) is 5.52 Å². The summed E-state index contributed by atoms with van der Waals surface area (Å²) in [6.07, 6.45) is 3.14. The van der Waals surface area contributed by atoms with Crippen LogP contribution < -0.4 is 10.2 Å². The van der Waals surface area contributed by atoms with Gasteiger partial charge in [-0.05, 0) is 55.6 Å². The van der Waals surface area contributed by atoms with Crippen LogP contribution in [-0.2, 0) is 0 Å². The van der Waals surface area contributed by atoms with Gasteiger partial charge in [-0.3, -0.25) is 4.98 Å². The van der Waals surface area contributed by atoms with E-state index in [9.17, 15) is 0 Å². The van der Waals surface area contributed by atoms with E-state index in [-0.39, 0.29) is 0 Å². The van der Waals surface area contributed by atoms with Crippen LogP contribution in [-0.4, -0.2) is 31.2 Å². The number of pyridine rings is 1. The van der Waals surface area contributed by atoms with Gasteiger partial charge < -0.3 is 10.2 Å². The van der Waals surface area contributed by atoms with E-state index in [0.29, 0.717) is 0 Å². The van der Waals surface area contributed by atoms with Gasteiger partial charge in [-0.25, -0.2) is 0 Å². The van der Waals surface area contributed by atoms with Crippen LogP contribution in [0.15, 0.2) is 36.5 Å². The molecule has 2 aromatic rings. The standard InChI is InChI=1S/C18H25N3/c1-14(2)11-19-12-15-7-9-21(13-15)17-5-6-18-16(10-17)4-3-8-20-18/h3-6,8,10,14-15,19H,7,9,11-13H2,1-2H3. The second-order valence-electron chi connectivity index (χ2n) is 6.53. The van der Waals surface area contributed by atoms with Crippen LogP contribution in [0.5, 0.6) is 0 Å². The van der Waals surface area contributed by atoms with Gasteiger partial charge in [-0.15, -0.1) is 0 Å². The van der Waals surface area contributed by atoms with Gasteiger partial charge in [0.25, 0.3) is 0 Å². The number of hydrogen-bond donors (Lipinski definition) is 1. The van der Waals surface area contributed by atoms with Gasteiger partial charge >= 0.3 is 0 Å². The molecule has 3 rings (SSSR count). The fourth-order valence-corrected chi connectivity index (χ4v) is 3.07. The van der Waals surface area contributed by atoms with E-state index >= 15 is 0 Å². The number of hydrogen-bond acceptors (Lipinski definition) is 3. The molecule has 2 heterocycles. The maximum absolute atomic E-state index is 4.39. The number of anilines is 1. The molecule has 1 aromatic carbocycles. The lowest BCUT2D eigenvalue weighted by Gasteiger charge is -2.19. The molecule has 0 spiro atoms. The van der Waals surface area contributed by atoms with Crippen molar-refractivity contribution < 1.29 is 0 Å². The maximum Gasteiger partial charge on any atom is 0.0703 e. The van der Waals surface area contributed by atoms with Crippen LogP contribution in [0.2, 0.25) is 0 Å². The largest absolute Gasteiger partial charge is 0.371 e. The zero-order valence-electron chi connectivity index (χ0n) is 13.0. The van der Waals surface area contributed by atoms with Gasteiger partial charge in [-0.1, -0.05) is 19.9 Å². The molecular weight excluding hydrogens is 258 g/mol. The van der Waals surface area contributed by atoms with E-state index < -0.39 is 0 Å². The van der Waals surface area contributed by atoms with Gasteiger partial charge in [0.1, 0.15) is 0 Å². The summed E-state index contributed by atoms with van der Waals surface area (Å²) in [7, 11) is 0. The fourth-order valence-electron chi connectivity index (χ4n) is 3.07. The summed E-state index contributed by atoms with van der Waals surface area (Å²) in [6.45, 7) is 9.12. The SMILES string of the molecule is CC(C)CNCC1CCN(c2ccc3ncccc3c2)C1. The second-order valence-corrected chi connectivity index (χ2v) is 6.53. The first kappa shape index (κ1) is 14.3. The van der Waals surface area contributed by atoms with Gasteiger partial charge in [-0.2, -0.15) is 0 Å². The molecule has 1 fully saturated rings. The zero-order valence-corrected chi connectivity index (χ0v) is 13.0. The summed E-state index contributed by atoms with van der Waals surface area (Å²) in [5.74, 6) is 1.50. The third kappa shape index (κ3) is 3.53. The molecule has 1 aromatic heterocycles. The van der Waals surface area contributed by atoms with Crippen molar-refractivity contribution in [1.82, 2.24) is 10.3 Å². The van der Waals surface area contributed by atoms with Crippen LogP contribution in [0.1, 0.15) is 20.3 Å². The highest BCUT2D eigenvalue weighted by Gasteiger charge is 2.22. The van der Waals surface area contributed by atoms with Crippen LogP contribution in [0.3, 0.4) is 0 Å². The Bertz CT molecular complexity index is 594. The molecule has 0 amide bonds. The minimum Gasteiger partial charge on any atom is -0.371 e. The third-order valence-electron chi connectivity index (χ3n) is 4.22. The fraction of sp³-hybridized carbons (Fsp3) is 0.500. The number of rotatable bonds is 5. The highest BCUT2D eigenvalue weighted by molar-refractivity contribution is 5.82. The summed E-state index contributed by atoms with van der Waals surface area (Å²) < 4.78 is 0. The monoisotopic (exact) mass is 283 g/mol. The maximum atomic E-state index is 4.39. The topological polar surface area (TPSA) is 28.2 Å². The molecule has 3 nitrogen and oxygen atoms in total. The van der Waals surface area contributed by atoms with Crippen molar-refractivity contribution in [3.63, 3.8) is 0 Å². The van der Waals surface area contributed by atoms with Crippen molar-refractivity contribution in [3.8, 4) is 0 Å². The molecule has 1 unspecified atom stereocenters. The lowest BCUT2D eigenvalue weighted by Crippen LogP contribution is -2.28. The number of aromatic nitrogens is 1. The van der Waals surface area contributed by atoms with Crippen molar-refractivity contribution in [2.24, 2.45) is 11.8 Å². The Morgan fingerprint density at radius 2 is 2.24 bits per heavy atom. The smallest absolute Gasteiger partial charge is 0.0703 e. The number of benzene rings is 1. The third-order valence-corrected chi connectivity index (χ3v) is 4.22. The number of nitrogens with one attached hydrogen (secondary N) is 1. The summed E-state index contributed by atoms with van der Waals surface area (Å²) >= 11 is 0. The van der Waals surface area contributed by atoms with Crippen LogP contribution in [0, 0.1) is 11.8 Å². The van der Waals surface area contributed by atoms with E-state index in [0.717, 1.165) is 37.0 Å². The van der Waals surface area contributed by atoms with E-state index in [1.54, 1.807) is 0 Å². The predicted molar refractivity (Wildman–Crippen MR) is 89.8 cm³/mol. The molecule has 21 heavy (non-hydrogen) atoms.